The topological polar surface area (TPSA) is 43.4 Å². The number of rotatable bonds is 6. The Kier molecular flexibility index (Phi) is 3.76. The molecule has 2 rings (SSSR count). The zero-order valence-corrected chi connectivity index (χ0v) is 11.0. The van der Waals surface area contributed by atoms with Gasteiger partial charge in [0.25, 0.3) is 0 Å². The summed E-state index contributed by atoms with van der Waals surface area (Å²) in [6.07, 6.45) is 1.81. The smallest absolute Gasteiger partial charge is 0.238 e. The number of benzene rings is 1. The molecular formula is C12H15ClO3S. The Hall–Kier alpha value is -0.580. The van der Waals surface area contributed by atoms with E-state index in [9.17, 15) is 8.42 Å². The number of hydrogen-bond acceptors (Lipinski definition) is 3. The largest absolute Gasteiger partial charge is 0.377 e. The van der Waals surface area contributed by atoms with Crippen molar-refractivity contribution in [2.75, 3.05) is 6.61 Å². The molecule has 1 aliphatic rings. The molecule has 0 radical (unpaired) electrons. The first-order chi connectivity index (χ1) is 8.04. The summed E-state index contributed by atoms with van der Waals surface area (Å²) in [6.45, 7) is 0.945. The van der Waals surface area contributed by atoms with Crippen LogP contribution in [0.25, 0.3) is 0 Å². The van der Waals surface area contributed by atoms with E-state index in [2.05, 4.69) is 0 Å². The van der Waals surface area contributed by atoms with Crippen LogP contribution in [0, 0.1) is 0 Å². The van der Waals surface area contributed by atoms with Gasteiger partial charge in [-0.05, 0) is 24.8 Å². The van der Waals surface area contributed by atoms with Crippen molar-refractivity contribution in [2.45, 2.75) is 30.6 Å². The fraction of sp³-hybridized carbons (Fsp3) is 0.500. The highest BCUT2D eigenvalue weighted by atomic mass is 35.7. The minimum absolute atomic E-state index is 0.431. The molecule has 0 aliphatic heterocycles. The molecule has 0 spiro atoms. The van der Waals surface area contributed by atoms with Crippen molar-refractivity contribution in [1.29, 1.82) is 0 Å². The van der Waals surface area contributed by atoms with Crippen LogP contribution in [0.3, 0.4) is 0 Å². The first-order valence-electron chi connectivity index (χ1n) is 5.59. The van der Waals surface area contributed by atoms with Crippen molar-refractivity contribution in [3.63, 3.8) is 0 Å². The number of hydrogen-bond donors (Lipinski definition) is 0. The van der Waals surface area contributed by atoms with Crippen LogP contribution in [-0.4, -0.2) is 19.8 Å². The third kappa shape index (κ3) is 3.21. The lowest BCUT2D eigenvalue weighted by Gasteiger charge is -2.11. The van der Waals surface area contributed by atoms with Gasteiger partial charge in [0.05, 0.1) is 11.4 Å². The fourth-order valence-electron chi connectivity index (χ4n) is 1.78. The van der Waals surface area contributed by atoms with E-state index in [0.29, 0.717) is 32.5 Å². The van der Waals surface area contributed by atoms with Crippen LogP contribution >= 0.6 is 10.7 Å². The molecule has 1 fully saturated rings. The average molecular weight is 275 g/mol. The van der Waals surface area contributed by atoms with Gasteiger partial charge in [0, 0.05) is 17.3 Å². The molecule has 1 aromatic carbocycles. The molecule has 3 nitrogen and oxygen atoms in total. The van der Waals surface area contributed by atoms with Crippen molar-refractivity contribution in [3.8, 4) is 0 Å². The molecule has 1 aromatic rings. The van der Waals surface area contributed by atoms with Crippen LogP contribution in [-0.2, 0) is 20.4 Å². The highest BCUT2D eigenvalue weighted by Gasteiger charge is 2.53. The molecule has 5 heteroatoms. The monoisotopic (exact) mass is 274 g/mol. The molecule has 0 saturated heterocycles. The summed E-state index contributed by atoms with van der Waals surface area (Å²) < 4.78 is 27.3. The van der Waals surface area contributed by atoms with Crippen LogP contribution < -0.4 is 0 Å². The van der Waals surface area contributed by atoms with Crippen molar-refractivity contribution in [2.24, 2.45) is 0 Å². The van der Waals surface area contributed by atoms with Crippen molar-refractivity contribution in [1.82, 2.24) is 0 Å². The number of ether oxygens (including phenoxy) is 1. The third-order valence-corrected chi connectivity index (χ3v) is 5.77. The molecule has 0 atom stereocenters. The molecule has 1 aliphatic carbocycles. The van der Waals surface area contributed by atoms with Crippen LogP contribution in [0.5, 0.6) is 0 Å². The van der Waals surface area contributed by atoms with Crippen LogP contribution in [0.2, 0.25) is 0 Å². The summed E-state index contributed by atoms with van der Waals surface area (Å²) in [6, 6.07) is 9.80. The zero-order valence-electron chi connectivity index (χ0n) is 9.43. The van der Waals surface area contributed by atoms with E-state index in [1.54, 1.807) is 0 Å². The summed E-state index contributed by atoms with van der Waals surface area (Å²) in [5.41, 5.74) is 1.09. The van der Waals surface area contributed by atoms with Gasteiger partial charge in [0.1, 0.15) is 0 Å². The van der Waals surface area contributed by atoms with Crippen molar-refractivity contribution >= 4 is 19.7 Å². The molecule has 0 bridgehead atoms. The standard InChI is InChI=1S/C12H15ClO3S/c13-17(14,15)12(6-7-12)8-9-16-10-11-4-2-1-3-5-11/h1-5H,6-10H2. The Morgan fingerprint density at radius 1 is 1.24 bits per heavy atom. The summed E-state index contributed by atoms with van der Waals surface area (Å²) in [7, 11) is 1.96. The van der Waals surface area contributed by atoms with E-state index in [1.807, 2.05) is 30.3 Å². The fourth-order valence-corrected chi connectivity index (χ4v) is 3.39. The van der Waals surface area contributed by atoms with E-state index in [4.69, 9.17) is 15.4 Å². The Balaban J connectivity index is 1.75. The second-order valence-corrected chi connectivity index (χ2v) is 7.37. The van der Waals surface area contributed by atoms with Gasteiger partial charge in [-0.2, -0.15) is 0 Å². The van der Waals surface area contributed by atoms with Crippen LogP contribution in [0.1, 0.15) is 24.8 Å². The lowest BCUT2D eigenvalue weighted by molar-refractivity contribution is 0.116. The Morgan fingerprint density at radius 2 is 1.88 bits per heavy atom. The average Bonchev–Trinajstić information content (AvgIpc) is 3.06. The van der Waals surface area contributed by atoms with Crippen LogP contribution in [0.15, 0.2) is 30.3 Å². The minimum Gasteiger partial charge on any atom is -0.377 e. The van der Waals surface area contributed by atoms with Gasteiger partial charge in [-0.15, -0.1) is 0 Å². The normalized spacial score (nSPS) is 17.9. The summed E-state index contributed by atoms with van der Waals surface area (Å²) in [5.74, 6) is 0. The van der Waals surface area contributed by atoms with Gasteiger partial charge in [0.15, 0.2) is 0 Å². The maximum atomic E-state index is 11.3. The molecule has 0 unspecified atom stereocenters. The van der Waals surface area contributed by atoms with Crippen LogP contribution in [0.4, 0.5) is 0 Å². The van der Waals surface area contributed by atoms with Gasteiger partial charge in [-0.3, -0.25) is 0 Å². The molecule has 1 saturated carbocycles. The van der Waals surface area contributed by atoms with E-state index < -0.39 is 13.8 Å². The quantitative estimate of drug-likeness (QED) is 0.592. The van der Waals surface area contributed by atoms with E-state index >= 15 is 0 Å². The molecule has 0 N–H and O–H groups in total. The van der Waals surface area contributed by atoms with E-state index in [1.165, 1.54) is 0 Å². The highest BCUT2D eigenvalue weighted by Crippen LogP contribution is 2.48. The summed E-state index contributed by atoms with van der Waals surface area (Å²) >= 11 is 0. The predicted molar refractivity (Wildman–Crippen MR) is 67.5 cm³/mol. The summed E-state index contributed by atoms with van der Waals surface area (Å²) in [4.78, 5) is 0. The molecule has 94 valence electrons. The second kappa shape index (κ2) is 4.96. The lowest BCUT2D eigenvalue weighted by atomic mass is 10.2. The highest BCUT2D eigenvalue weighted by molar-refractivity contribution is 8.15. The minimum atomic E-state index is -3.44. The van der Waals surface area contributed by atoms with Gasteiger partial charge >= 0.3 is 0 Å². The molecule has 0 aromatic heterocycles. The SMILES string of the molecule is O=S(=O)(Cl)C1(CCOCc2ccccc2)CC1. The van der Waals surface area contributed by atoms with Gasteiger partial charge in [-0.25, -0.2) is 8.42 Å². The van der Waals surface area contributed by atoms with Gasteiger partial charge < -0.3 is 4.74 Å². The predicted octanol–water partition coefficient (Wildman–Crippen LogP) is 2.69. The molecule has 0 amide bonds. The Morgan fingerprint density at radius 3 is 2.41 bits per heavy atom. The Labute approximate surface area is 106 Å². The second-order valence-electron chi connectivity index (χ2n) is 4.41. The zero-order chi connectivity index (χ0) is 12.4. The molecular weight excluding hydrogens is 260 g/mol. The first-order valence-corrected chi connectivity index (χ1v) is 7.90. The Bertz CT molecular complexity index is 466. The first kappa shape index (κ1) is 12.9. The third-order valence-electron chi connectivity index (χ3n) is 3.14. The van der Waals surface area contributed by atoms with Gasteiger partial charge in [-0.1, -0.05) is 30.3 Å². The molecule has 0 heterocycles. The van der Waals surface area contributed by atoms with Crippen molar-refractivity contribution < 1.29 is 13.2 Å². The number of halogens is 1. The maximum Gasteiger partial charge on any atom is 0.238 e. The van der Waals surface area contributed by atoms with Gasteiger partial charge in [0.2, 0.25) is 9.05 Å². The van der Waals surface area contributed by atoms with Crippen molar-refractivity contribution in [3.05, 3.63) is 35.9 Å². The summed E-state index contributed by atoms with van der Waals surface area (Å²) in [5, 5.41) is 0. The molecule has 17 heavy (non-hydrogen) atoms. The maximum absolute atomic E-state index is 11.3. The lowest BCUT2D eigenvalue weighted by Crippen LogP contribution is -2.20. The van der Waals surface area contributed by atoms with E-state index in [0.717, 1.165) is 5.56 Å². The van der Waals surface area contributed by atoms with E-state index in [-0.39, 0.29) is 0 Å².